The second-order valence-corrected chi connectivity index (χ2v) is 12.4. The molecule has 0 heterocycles. The first kappa shape index (κ1) is 35.5. The van der Waals surface area contributed by atoms with E-state index in [0.717, 1.165) is 12.8 Å². The first-order chi connectivity index (χ1) is 16.1. The molecular weight excluding hydrogens is 426 g/mol. The lowest BCUT2D eigenvalue weighted by Crippen LogP contribution is -2.17. The molecule has 0 unspecified atom stereocenters. The maximum absolute atomic E-state index is 8.11. The minimum atomic E-state index is -1.60. The molecule has 0 aliphatic heterocycles. The number of hydrogen-bond acceptors (Lipinski definition) is 3. The summed E-state index contributed by atoms with van der Waals surface area (Å²) in [5.74, 6) is 0. The first-order valence-electron chi connectivity index (χ1n) is 14.8. The van der Waals surface area contributed by atoms with Crippen LogP contribution < -0.4 is 0 Å². The highest BCUT2D eigenvalue weighted by Gasteiger charge is 2.08. The van der Waals surface area contributed by atoms with Crippen LogP contribution in [-0.2, 0) is 4.65 Å². The highest BCUT2D eigenvalue weighted by molar-refractivity contribution is 7.57. The van der Waals surface area contributed by atoms with E-state index in [1.54, 1.807) is 18.5 Å². The molecule has 0 amide bonds. The summed E-state index contributed by atoms with van der Waals surface area (Å²) >= 11 is 0. The van der Waals surface area contributed by atoms with Gasteiger partial charge in [-0.25, -0.2) is 0 Å². The summed E-state index contributed by atoms with van der Waals surface area (Å²) < 4.78 is 4.39. The number of hydrogen-bond donors (Lipinski definition) is 2. The molecule has 0 saturated heterocycles. The van der Waals surface area contributed by atoms with Crippen LogP contribution in [0.2, 0.25) is 0 Å². The molecule has 0 aliphatic rings. The van der Waals surface area contributed by atoms with Gasteiger partial charge in [0, 0.05) is 6.61 Å². The fourth-order valence-electron chi connectivity index (χ4n) is 4.02. The zero-order valence-corrected chi connectivity index (χ0v) is 24.2. The zero-order chi connectivity index (χ0) is 24.8. The summed E-state index contributed by atoms with van der Waals surface area (Å²) in [6.07, 6.45) is 33.1. The highest BCUT2D eigenvalue weighted by Crippen LogP contribution is 2.39. The van der Waals surface area contributed by atoms with Gasteiger partial charge in [-0.3, -0.25) is 0 Å². The van der Waals surface area contributed by atoms with Gasteiger partial charge in [-0.2, -0.15) is 0 Å². The monoisotopic (exact) mass is 488 g/mol. The zero-order valence-electron chi connectivity index (χ0n) is 23.3. The summed E-state index contributed by atoms with van der Waals surface area (Å²) in [4.78, 5) is 0. The molecule has 5 heteroatoms. The van der Waals surface area contributed by atoms with Crippen LogP contribution in [0.1, 0.15) is 156 Å². The number of unbranched alkanes of at least 4 members (excludes halogenated alkanes) is 16. The van der Waals surface area contributed by atoms with E-state index < -0.39 is 7.32 Å². The molecule has 3 nitrogen and oxygen atoms in total. The van der Waals surface area contributed by atoms with Crippen LogP contribution in [0.25, 0.3) is 0 Å². The Morgan fingerprint density at radius 1 is 0.455 bits per heavy atom. The van der Waals surface area contributed by atoms with Gasteiger partial charge in [0.05, 0.1) is 0 Å². The summed E-state index contributed by atoms with van der Waals surface area (Å²) in [5.41, 5.74) is 0. The maximum atomic E-state index is 8.11. The fraction of sp³-hybridized carbons (Fsp3) is 1.00. The Morgan fingerprint density at radius 2 is 0.758 bits per heavy atom. The van der Waals surface area contributed by atoms with Crippen molar-refractivity contribution in [2.45, 2.75) is 156 Å². The lowest BCUT2D eigenvalue weighted by atomic mass is 10.1. The Balaban J connectivity index is 0. The smallest absolute Gasteiger partial charge is 0.402 e. The predicted octanol–water partition coefficient (Wildman–Crippen LogP) is 9.32. The molecule has 0 radical (unpaired) electrons. The van der Waals surface area contributed by atoms with E-state index >= 15 is 0 Å². The van der Waals surface area contributed by atoms with Gasteiger partial charge in [0.25, 0.3) is 0 Å². The van der Waals surface area contributed by atoms with E-state index in [9.17, 15) is 0 Å². The summed E-state index contributed by atoms with van der Waals surface area (Å²) in [6, 6.07) is 0. The maximum Gasteiger partial charge on any atom is 0.633 e. The average Bonchev–Trinajstić information content (AvgIpc) is 2.80. The molecule has 0 bridgehead atoms. The van der Waals surface area contributed by atoms with E-state index in [2.05, 4.69) is 25.4 Å². The molecule has 33 heavy (non-hydrogen) atoms. The van der Waals surface area contributed by atoms with Crippen LogP contribution in [0.4, 0.5) is 0 Å². The predicted molar refractivity (Wildman–Crippen MR) is 153 cm³/mol. The Morgan fingerprint density at radius 3 is 1.06 bits per heavy atom. The fourth-order valence-corrected chi connectivity index (χ4v) is 6.70. The summed E-state index contributed by atoms with van der Waals surface area (Å²) in [7, 11) is -1.23. The SMILES string of the molecule is CCCCCCCCP(CCCCCCCC)CCCCCCCC.CCCCOB(O)O. The van der Waals surface area contributed by atoms with Crippen molar-refractivity contribution in [3.63, 3.8) is 0 Å². The Bertz CT molecular complexity index is 294. The molecule has 0 spiro atoms. The molecule has 0 aromatic heterocycles. The van der Waals surface area contributed by atoms with Crippen molar-refractivity contribution in [1.82, 2.24) is 0 Å². The van der Waals surface area contributed by atoms with Crippen molar-refractivity contribution in [3.8, 4) is 0 Å². The Hall–Kier alpha value is 0.375. The van der Waals surface area contributed by atoms with Gasteiger partial charge in [-0.15, -0.1) is 7.92 Å². The van der Waals surface area contributed by atoms with Crippen molar-refractivity contribution in [2.24, 2.45) is 0 Å². The van der Waals surface area contributed by atoms with Crippen molar-refractivity contribution in [2.75, 3.05) is 25.1 Å². The molecule has 0 saturated carbocycles. The molecule has 0 atom stereocenters. The minimum absolute atomic E-state index is 0.366. The molecule has 0 aromatic carbocycles. The van der Waals surface area contributed by atoms with Gasteiger partial charge in [0.2, 0.25) is 0 Å². The quantitative estimate of drug-likeness (QED) is 0.0765. The van der Waals surface area contributed by atoms with Crippen LogP contribution in [0.5, 0.6) is 0 Å². The van der Waals surface area contributed by atoms with Gasteiger partial charge in [-0.1, -0.05) is 130 Å². The van der Waals surface area contributed by atoms with Crippen molar-refractivity contribution in [1.29, 1.82) is 0 Å². The highest BCUT2D eigenvalue weighted by atomic mass is 31.1. The van der Waals surface area contributed by atoms with Crippen LogP contribution in [0.3, 0.4) is 0 Å². The Kier molecular flexibility index (Phi) is 34.9. The molecule has 200 valence electrons. The Labute approximate surface area is 211 Å². The lowest BCUT2D eigenvalue weighted by Gasteiger charge is -2.18. The van der Waals surface area contributed by atoms with Gasteiger partial charge in [-0.05, 0) is 44.2 Å². The number of rotatable bonds is 25. The van der Waals surface area contributed by atoms with Crippen molar-refractivity contribution >= 4 is 15.2 Å². The summed E-state index contributed by atoms with van der Waals surface area (Å²) in [6.45, 7) is 9.39. The molecule has 2 N–H and O–H groups in total. The van der Waals surface area contributed by atoms with Crippen LogP contribution in [0, 0.1) is 0 Å². The van der Waals surface area contributed by atoms with E-state index in [1.807, 2.05) is 6.92 Å². The van der Waals surface area contributed by atoms with Gasteiger partial charge < -0.3 is 14.7 Å². The average molecular weight is 489 g/mol. The normalized spacial score (nSPS) is 11.0. The van der Waals surface area contributed by atoms with Crippen molar-refractivity contribution in [3.05, 3.63) is 0 Å². The van der Waals surface area contributed by atoms with E-state index in [-0.39, 0.29) is 0 Å². The lowest BCUT2D eigenvalue weighted by molar-refractivity contribution is 0.183. The second-order valence-electron chi connectivity index (χ2n) is 9.70. The molecule has 0 fully saturated rings. The second kappa shape index (κ2) is 32.4. The first-order valence-corrected chi connectivity index (χ1v) is 16.7. The van der Waals surface area contributed by atoms with E-state index in [4.69, 9.17) is 10.0 Å². The third-order valence-corrected chi connectivity index (χ3v) is 9.09. The third-order valence-electron chi connectivity index (χ3n) is 6.25. The van der Waals surface area contributed by atoms with E-state index in [1.165, 1.54) is 116 Å². The van der Waals surface area contributed by atoms with Crippen LogP contribution in [-0.4, -0.2) is 42.5 Å². The molecule has 0 aliphatic carbocycles. The topological polar surface area (TPSA) is 49.7 Å². The third kappa shape index (κ3) is 34.6. The molecular formula is C28H62BO3P. The molecule has 0 rings (SSSR count). The summed E-state index contributed by atoms with van der Waals surface area (Å²) in [5, 5.41) is 16.2. The standard InChI is InChI=1S/C24H51P.C4H11BO3/c1-4-7-10-13-16-19-22-25(23-20-17-14-11-8-5-2)24-21-18-15-12-9-6-3;1-2-3-4-8-5(6)7/h4-24H2,1-3H3;6-7H,2-4H2,1H3. The van der Waals surface area contributed by atoms with Crippen LogP contribution in [0.15, 0.2) is 0 Å². The minimum Gasteiger partial charge on any atom is -0.402 e. The van der Waals surface area contributed by atoms with Gasteiger partial charge >= 0.3 is 7.32 Å². The van der Waals surface area contributed by atoms with Crippen molar-refractivity contribution < 1.29 is 14.7 Å². The van der Waals surface area contributed by atoms with Gasteiger partial charge in [0.15, 0.2) is 0 Å². The van der Waals surface area contributed by atoms with Gasteiger partial charge in [0.1, 0.15) is 0 Å². The largest absolute Gasteiger partial charge is 0.633 e. The molecule has 0 aromatic rings. The van der Waals surface area contributed by atoms with E-state index in [0.29, 0.717) is 14.5 Å². The van der Waals surface area contributed by atoms with Crippen LogP contribution >= 0.6 is 7.92 Å².